The van der Waals surface area contributed by atoms with E-state index < -0.39 is 0 Å². The number of aromatic nitrogens is 3. The van der Waals surface area contributed by atoms with Gasteiger partial charge in [0.1, 0.15) is 0 Å². The largest absolute Gasteiger partial charge is 0.368 e. The fourth-order valence-corrected chi connectivity index (χ4v) is 2.24. The molecule has 1 heterocycles. The van der Waals surface area contributed by atoms with Gasteiger partial charge in [0.2, 0.25) is 11.2 Å². The highest BCUT2D eigenvalue weighted by Gasteiger charge is 2.09. The monoisotopic (exact) mass is 410 g/mol. The third-order valence-corrected chi connectivity index (χ3v) is 3.33. The average molecular weight is 411 g/mol. The van der Waals surface area contributed by atoms with E-state index in [2.05, 4.69) is 53.5 Å². The van der Waals surface area contributed by atoms with Gasteiger partial charge < -0.3 is 5.73 Å². The van der Waals surface area contributed by atoms with Crippen LogP contribution in [0.1, 0.15) is 0 Å². The van der Waals surface area contributed by atoms with E-state index in [-0.39, 0.29) is 11.2 Å². The number of anilines is 1. The molecule has 2 rings (SSSR count). The zero-order valence-electron chi connectivity index (χ0n) is 7.78. The molecule has 1 aromatic heterocycles. The lowest BCUT2D eigenvalue weighted by Gasteiger charge is -2.04. The van der Waals surface area contributed by atoms with Gasteiger partial charge in [0.25, 0.3) is 0 Å². The fourth-order valence-electron chi connectivity index (χ4n) is 1.15. The lowest BCUT2D eigenvalue weighted by molar-refractivity contribution is 1.07. The van der Waals surface area contributed by atoms with Crippen molar-refractivity contribution < 1.29 is 0 Å². The SMILES string of the molecule is Nc1nc(Cl)nc(-c2cc(I)ccc2Br)n1. The molecule has 16 heavy (non-hydrogen) atoms. The first-order valence-corrected chi connectivity index (χ1v) is 6.44. The molecule has 2 aromatic rings. The molecular formula is C9H5BrClIN4. The van der Waals surface area contributed by atoms with Crippen molar-refractivity contribution in [2.24, 2.45) is 0 Å². The van der Waals surface area contributed by atoms with Crippen LogP contribution >= 0.6 is 50.1 Å². The standard InChI is InChI=1S/C9H5BrClIN4/c10-6-2-1-4(12)3-5(6)7-14-8(11)16-9(13)15-7/h1-3H,(H2,13,14,15,16). The summed E-state index contributed by atoms with van der Waals surface area (Å²) in [7, 11) is 0. The van der Waals surface area contributed by atoms with Crippen molar-refractivity contribution in [1.29, 1.82) is 0 Å². The second-order valence-corrected chi connectivity index (χ2v) is 5.35. The van der Waals surface area contributed by atoms with Gasteiger partial charge in [-0.3, -0.25) is 0 Å². The Balaban J connectivity index is 2.62. The first-order chi connectivity index (χ1) is 7.56. The van der Waals surface area contributed by atoms with Crippen LogP contribution in [0.3, 0.4) is 0 Å². The molecule has 0 radical (unpaired) electrons. The molecule has 0 atom stereocenters. The Morgan fingerprint density at radius 1 is 1.25 bits per heavy atom. The molecule has 0 unspecified atom stereocenters. The van der Waals surface area contributed by atoms with Gasteiger partial charge in [0.15, 0.2) is 5.82 Å². The molecule has 4 nitrogen and oxygen atoms in total. The first-order valence-electron chi connectivity index (χ1n) is 4.19. The van der Waals surface area contributed by atoms with E-state index in [1.54, 1.807) is 0 Å². The van der Waals surface area contributed by atoms with Crippen molar-refractivity contribution in [3.63, 3.8) is 0 Å². The maximum absolute atomic E-state index is 5.73. The van der Waals surface area contributed by atoms with Crippen molar-refractivity contribution in [2.75, 3.05) is 5.73 Å². The fraction of sp³-hybridized carbons (Fsp3) is 0. The zero-order valence-corrected chi connectivity index (χ0v) is 12.3. The second kappa shape index (κ2) is 4.80. The summed E-state index contributed by atoms with van der Waals surface area (Å²) in [5, 5.41) is 0.0910. The minimum absolute atomic E-state index is 0.0910. The summed E-state index contributed by atoms with van der Waals surface area (Å²) in [5.74, 6) is 0.573. The van der Waals surface area contributed by atoms with Crippen molar-refractivity contribution in [3.8, 4) is 11.4 Å². The number of benzene rings is 1. The van der Waals surface area contributed by atoms with Crippen molar-refractivity contribution >= 4 is 56.1 Å². The van der Waals surface area contributed by atoms with Crippen molar-refractivity contribution in [3.05, 3.63) is 31.5 Å². The lowest BCUT2D eigenvalue weighted by atomic mass is 10.2. The molecule has 0 aliphatic rings. The highest BCUT2D eigenvalue weighted by Crippen LogP contribution is 2.28. The van der Waals surface area contributed by atoms with Crippen LogP contribution in [0.15, 0.2) is 22.7 Å². The number of hydrogen-bond donors (Lipinski definition) is 1. The highest BCUT2D eigenvalue weighted by atomic mass is 127. The molecule has 0 spiro atoms. The van der Waals surface area contributed by atoms with E-state index in [0.29, 0.717) is 5.82 Å². The molecule has 82 valence electrons. The topological polar surface area (TPSA) is 64.7 Å². The Hall–Kier alpha value is -0.470. The molecule has 0 saturated carbocycles. The maximum Gasteiger partial charge on any atom is 0.227 e. The summed E-state index contributed by atoms with van der Waals surface area (Å²) < 4.78 is 1.96. The van der Waals surface area contributed by atoms with Gasteiger partial charge in [-0.05, 0) is 52.4 Å². The van der Waals surface area contributed by atoms with Gasteiger partial charge >= 0.3 is 0 Å². The van der Waals surface area contributed by atoms with Crippen molar-refractivity contribution in [2.45, 2.75) is 0 Å². The smallest absolute Gasteiger partial charge is 0.227 e. The maximum atomic E-state index is 5.73. The van der Waals surface area contributed by atoms with E-state index >= 15 is 0 Å². The third-order valence-electron chi connectivity index (χ3n) is 1.79. The molecule has 0 bridgehead atoms. The number of nitrogens with two attached hydrogens (primary N) is 1. The number of rotatable bonds is 1. The van der Waals surface area contributed by atoms with Crippen LogP contribution in [0.5, 0.6) is 0 Å². The number of nitrogens with zero attached hydrogens (tertiary/aromatic N) is 3. The van der Waals surface area contributed by atoms with Gasteiger partial charge in [0.05, 0.1) is 0 Å². The summed E-state index contributed by atoms with van der Waals surface area (Å²) in [4.78, 5) is 11.8. The van der Waals surface area contributed by atoms with E-state index in [1.165, 1.54) is 0 Å². The molecule has 0 amide bonds. The zero-order chi connectivity index (χ0) is 11.7. The molecule has 0 fully saturated rings. The van der Waals surface area contributed by atoms with Crippen LogP contribution in [0.4, 0.5) is 5.95 Å². The average Bonchev–Trinajstić information content (AvgIpc) is 2.20. The Labute approximate surface area is 119 Å². The highest BCUT2D eigenvalue weighted by molar-refractivity contribution is 14.1. The molecule has 0 aliphatic heterocycles. The second-order valence-electron chi connectivity index (χ2n) is 2.91. The van der Waals surface area contributed by atoms with Gasteiger partial charge in [-0.25, -0.2) is 0 Å². The van der Waals surface area contributed by atoms with E-state index in [1.807, 2.05) is 18.2 Å². The summed E-state index contributed by atoms with van der Waals surface area (Å²) in [5.41, 5.74) is 6.36. The molecular weight excluding hydrogens is 406 g/mol. The Morgan fingerprint density at radius 2 is 2.00 bits per heavy atom. The Kier molecular flexibility index (Phi) is 3.60. The van der Waals surface area contributed by atoms with E-state index in [0.717, 1.165) is 13.6 Å². The van der Waals surface area contributed by atoms with Crippen LogP contribution in [0, 0.1) is 3.57 Å². The summed E-state index contributed by atoms with van der Waals surface area (Å²) >= 11 is 11.4. The quantitative estimate of drug-likeness (QED) is 0.733. The molecule has 2 N–H and O–H groups in total. The van der Waals surface area contributed by atoms with E-state index in [9.17, 15) is 0 Å². The third kappa shape index (κ3) is 2.61. The van der Waals surface area contributed by atoms with Crippen molar-refractivity contribution in [1.82, 2.24) is 15.0 Å². The van der Waals surface area contributed by atoms with Gasteiger partial charge in [0, 0.05) is 13.6 Å². The minimum atomic E-state index is 0.0910. The van der Waals surface area contributed by atoms with Gasteiger partial charge in [-0.15, -0.1) is 0 Å². The van der Waals surface area contributed by atoms with Crippen LogP contribution in [-0.2, 0) is 0 Å². The summed E-state index contributed by atoms with van der Waals surface area (Å²) in [6.07, 6.45) is 0. The van der Waals surface area contributed by atoms with Gasteiger partial charge in [-0.2, -0.15) is 15.0 Å². The van der Waals surface area contributed by atoms with Crippen LogP contribution in [0.25, 0.3) is 11.4 Å². The van der Waals surface area contributed by atoms with Crippen LogP contribution in [0.2, 0.25) is 5.28 Å². The normalized spacial score (nSPS) is 10.4. The molecule has 0 saturated heterocycles. The minimum Gasteiger partial charge on any atom is -0.368 e. The summed E-state index contributed by atoms with van der Waals surface area (Å²) in [6, 6.07) is 5.83. The number of hydrogen-bond acceptors (Lipinski definition) is 4. The Morgan fingerprint density at radius 3 is 2.69 bits per heavy atom. The lowest BCUT2D eigenvalue weighted by Crippen LogP contribution is -2.00. The summed E-state index contributed by atoms with van der Waals surface area (Å²) in [6.45, 7) is 0. The number of nitrogen functional groups attached to an aromatic ring is 1. The van der Waals surface area contributed by atoms with Gasteiger partial charge in [-0.1, -0.05) is 15.9 Å². The molecule has 7 heteroatoms. The van der Waals surface area contributed by atoms with E-state index in [4.69, 9.17) is 17.3 Å². The van der Waals surface area contributed by atoms with Crippen LogP contribution in [-0.4, -0.2) is 15.0 Å². The first kappa shape index (κ1) is 12.0. The Bertz CT molecular complexity index is 529. The molecule has 1 aromatic carbocycles. The predicted molar refractivity (Wildman–Crippen MR) is 75.1 cm³/mol. The molecule has 0 aliphatic carbocycles. The number of halogens is 3. The predicted octanol–water partition coefficient (Wildman–Crippen LogP) is 3.14. The van der Waals surface area contributed by atoms with Crippen LogP contribution < -0.4 is 5.73 Å².